The van der Waals surface area contributed by atoms with Crippen LogP contribution in [0.1, 0.15) is 11.1 Å². The number of benzene rings is 2. The number of halogens is 1. The first kappa shape index (κ1) is 17.3. The highest BCUT2D eigenvalue weighted by Crippen LogP contribution is 2.37. The molecule has 0 saturated carbocycles. The van der Waals surface area contributed by atoms with E-state index in [0.717, 1.165) is 54.1 Å². The molecule has 30 heavy (non-hydrogen) atoms. The predicted molar refractivity (Wildman–Crippen MR) is 115 cm³/mol. The second kappa shape index (κ2) is 6.47. The molecule has 7 heteroatoms. The third-order valence-corrected chi connectivity index (χ3v) is 5.89. The lowest BCUT2D eigenvalue weighted by Gasteiger charge is -2.32. The molecule has 2 aromatic carbocycles. The number of aromatic nitrogens is 2. The second-order valence-electron chi connectivity index (χ2n) is 7.83. The van der Waals surface area contributed by atoms with Gasteiger partial charge >= 0.3 is 0 Å². The fourth-order valence-corrected chi connectivity index (χ4v) is 4.44. The van der Waals surface area contributed by atoms with E-state index in [9.17, 15) is 9.18 Å². The molecule has 148 valence electrons. The minimum absolute atomic E-state index is 0.187. The lowest BCUT2D eigenvalue weighted by Crippen LogP contribution is -2.35. The minimum Gasteiger partial charge on any atom is -0.294 e. The molecule has 6 rings (SSSR count). The van der Waals surface area contributed by atoms with Gasteiger partial charge in [-0.05, 0) is 53.5 Å². The van der Waals surface area contributed by atoms with Gasteiger partial charge in [-0.1, -0.05) is 18.2 Å². The Kier molecular flexibility index (Phi) is 3.73. The molecule has 0 atom stereocenters. The maximum absolute atomic E-state index is 13.6. The molecule has 1 aromatic heterocycles. The molecule has 0 radical (unpaired) electrons. The van der Waals surface area contributed by atoms with E-state index in [1.165, 1.54) is 11.6 Å². The molecule has 3 aliphatic heterocycles. The summed E-state index contributed by atoms with van der Waals surface area (Å²) in [5.74, 6) is 1.26. The summed E-state index contributed by atoms with van der Waals surface area (Å²) < 4.78 is 13.6. The normalized spacial score (nSPS) is 17.4. The Morgan fingerprint density at radius 1 is 1.13 bits per heavy atom. The summed E-state index contributed by atoms with van der Waals surface area (Å²) in [6.07, 6.45) is 6.98. The third-order valence-electron chi connectivity index (χ3n) is 5.89. The van der Waals surface area contributed by atoms with Gasteiger partial charge in [-0.15, -0.1) is 0 Å². The molecule has 0 saturated heterocycles. The predicted octanol–water partition coefficient (Wildman–Crippen LogP) is 3.42. The first-order valence-electron chi connectivity index (χ1n) is 9.93. The summed E-state index contributed by atoms with van der Waals surface area (Å²) in [5, 5.41) is 8.26. The average Bonchev–Trinajstić information content (AvgIpc) is 2.76. The number of amidine groups is 1. The van der Waals surface area contributed by atoms with Crippen molar-refractivity contribution in [1.82, 2.24) is 15.1 Å². The van der Waals surface area contributed by atoms with Gasteiger partial charge in [-0.3, -0.25) is 14.6 Å². The molecular formula is C23H18FN5O. The lowest BCUT2D eigenvalue weighted by molar-refractivity contribution is 0.277. The number of aromatic amines is 1. The first-order chi connectivity index (χ1) is 14.7. The Balaban J connectivity index is 1.33. The molecule has 4 heterocycles. The number of H-pyrrole nitrogens is 1. The third kappa shape index (κ3) is 2.70. The number of aliphatic imine (C=N–C) groups is 1. The molecular weight excluding hydrogens is 381 g/mol. The Morgan fingerprint density at radius 2 is 2.07 bits per heavy atom. The highest BCUT2D eigenvalue weighted by atomic mass is 19.1. The van der Waals surface area contributed by atoms with Crippen molar-refractivity contribution >= 4 is 28.1 Å². The van der Waals surface area contributed by atoms with Crippen molar-refractivity contribution in [3.05, 3.63) is 87.6 Å². The second-order valence-corrected chi connectivity index (χ2v) is 7.83. The van der Waals surface area contributed by atoms with Crippen LogP contribution in [-0.4, -0.2) is 34.0 Å². The monoisotopic (exact) mass is 399 g/mol. The minimum atomic E-state index is -0.217. The summed E-state index contributed by atoms with van der Waals surface area (Å²) in [5.41, 5.74) is 3.92. The molecule has 0 unspecified atom stereocenters. The number of rotatable bonds is 2. The van der Waals surface area contributed by atoms with Crippen LogP contribution < -0.4 is 10.5 Å². The standard InChI is InChI=1S/C23H18FN5O/c24-17-6-5-15-8-9-28(13-16(15)10-17)11-14-4-7-20-25-19-3-1-2-18-21(19)22(29(20)12-14)26-27-23(18)30/h1-7,10,12H,8-9,11,13H2,(H,27,30). The Hall–Kier alpha value is -3.58. The number of hydrogen-bond acceptors (Lipinski definition) is 5. The molecule has 3 aromatic rings. The number of hydrogen-bond donors (Lipinski definition) is 1. The Morgan fingerprint density at radius 3 is 3.00 bits per heavy atom. The maximum Gasteiger partial charge on any atom is 0.272 e. The van der Waals surface area contributed by atoms with Gasteiger partial charge in [-0.2, -0.15) is 5.10 Å². The van der Waals surface area contributed by atoms with Gasteiger partial charge in [0.15, 0.2) is 5.82 Å². The number of anilines is 1. The van der Waals surface area contributed by atoms with Gasteiger partial charge in [0.25, 0.3) is 5.56 Å². The van der Waals surface area contributed by atoms with E-state index in [0.29, 0.717) is 11.2 Å². The van der Waals surface area contributed by atoms with Gasteiger partial charge in [0, 0.05) is 25.8 Å². The molecule has 3 aliphatic rings. The van der Waals surface area contributed by atoms with Crippen molar-refractivity contribution in [1.29, 1.82) is 0 Å². The van der Waals surface area contributed by atoms with E-state index >= 15 is 0 Å². The van der Waals surface area contributed by atoms with Gasteiger partial charge in [0.2, 0.25) is 0 Å². The summed E-state index contributed by atoms with van der Waals surface area (Å²) >= 11 is 0. The quantitative estimate of drug-likeness (QED) is 0.717. The largest absolute Gasteiger partial charge is 0.294 e. The van der Waals surface area contributed by atoms with Crippen molar-refractivity contribution in [3.63, 3.8) is 0 Å². The summed E-state index contributed by atoms with van der Waals surface area (Å²) in [6.45, 7) is 2.39. The van der Waals surface area contributed by atoms with Crippen LogP contribution in [0.25, 0.3) is 10.8 Å². The Bertz CT molecular complexity index is 1350. The SMILES string of the molecule is O=c1[nH]nc2c3c(cccc13)N=C1C=CC(CN3CCc4ccc(F)cc4C3)=CN12. The smallest absolute Gasteiger partial charge is 0.272 e. The highest BCUT2D eigenvalue weighted by Gasteiger charge is 2.26. The van der Waals surface area contributed by atoms with Gasteiger partial charge < -0.3 is 0 Å². The molecule has 1 N–H and O–H groups in total. The van der Waals surface area contributed by atoms with Crippen LogP contribution in [0.3, 0.4) is 0 Å². The van der Waals surface area contributed by atoms with E-state index < -0.39 is 0 Å². The summed E-state index contributed by atoms with van der Waals surface area (Å²) in [4.78, 5) is 21.1. The summed E-state index contributed by atoms with van der Waals surface area (Å²) in [6, 6.07) is 10.6. The average molecular weight is 399 g/mol. The molecule has 6 nitrogen and oxygen atoms in total. The fourth-order valence-electron chi connectivity index (χ4n) is 4.44. The first-order valence-corrected chi connectivity index (χ1v) is 9.93. The number of nitrogens with zero attached hydrogens (tertiary/aromatic N) is 4. The number of nitrogens with one attached hydrogen (secondary N) is 1. The van der Waals surface area contributed by atoms with Gasteiger partial charge in [-0.25, -0.2) is 14.5 Å². The van der Waals surface area contributed by atoms with Crippen molar-refractivity contribution in [2.75, 3.05) is 18.0 Å². The topological polar surface area (TPSA) is 64.6 Å². The zero-order valence-electron chi connectivity index (χ0n) is 16.1. The van der Waals surface area contributed by atoms with Gasteiger partial charge in [0.05, 0.1) is 16.5 Å². The molecule has 0 spiro atoms. The molecule has 0 aliphatic carbocycles. The van der Waals surface area contributed by atoms with Crippen LogP contribution in [0.2, 0.25) is 0 Å². The Labute approximate surface area is 171 Å². The van der Waals surface area contributed by atoms with Crippen LogP contribution >= 0.6 is 0 Å². The zero-order valence-corrected chi connectivity index (χ0v) is 16.1. The van der Waals surface area contributed by atoms with Crippen molar-refractivity contribution in [3.8, 4) is 0 Å². The van der Waals surface area contributed by atoms with E-state index in [4.69, 9.17) is 4.99 Å². The van der Waals surface area contributed by atoms with Crippen molar-refractivity contribution in [2.45, 2.75) is 13.0 Å². The molecule has 0 amide bonds. The van der Waals surface area contributed by atoms with E-state index in [2.05, 4.69) is 21.2 Å². The van der Waals surface area contributed by atoms with Crippen LogP contribution in [0.15, 0.2) is 70.1 Å². The van der Waals surface area contributed by atoms with Gasteiger partial charge in [0.1, 0.15) is 11.7 Å². The van der Waals surface area contributed by atoms with E-state index in [1.807, 2.05) is 35.4 Å². The van der Waals surface area contributed by atoms with Crippen molar-refractivity contribution in [2.24, 2.45) is 4.99 Å². The zero-order chi connectivity index (χ0) is 20.2. The van der Waals surface area contributed by atoms with Crippen LogP contribution in [0.5, 0.6) is 0 Å². The fraction of sp³-hybridized carbons (Fsp3) is 0.174. The van der Waals surface area contributed by atoms with Crippen LogP contribution in [0, 0.1) is 5.82 Å². The summed E-state index contributed by atoms with van der Waals surface area (Å²) in [7, 11) is 0. The highest BCUT2D eigenvalue weighted by molar-refractivity contribution is 6.18. The lowest BCUT2D eigenvalue weighted by atomic mass is 9.99. The van der Waals surface area contributed by atoms with E-state index in [1.54, 1.807) is 12.1 Å². The molecule has 0 bridgehead atoms. The van der Waals surface area contributed by atoms with Crippen LogP contribution in [-0.2, 0) is 13.0 Å². The van der Waals surface area contributed by atoms with E-state index in [-0.39, 0.29) is 11.4 Å². The van der Waals surface area contributed by atoms with Crippen LogP contribution in [0.4, 0.5) is 15.9 Å². The molecule has 0 fully saturated rings. The number of fused-ring (bicyclic) bond motifs is 3. The maximum atomic E-state index is 13.6. The van der Waals surface area contributed by atoms with Crippen molar-refractivity contribution < 1.29 is 4.39 Å².